The molecule has 1 aromatic rings. The molecule has 3 aliphatic heterocycles. The molecule has 3 saturated heterocycles. The quantitative estimate of drug-likeness (QED) is 0.415. The highest BCUT2D eigenvalue weighted by atomic mass is 16.7. The van der Waals surface area contributed by atoms with Crippen molar-refractivity contribution in [3.63, 3.8) is 0 Å². The van der Waals surface area contributed by atoms with Crippen LogP contribution < -0.4 is 5.48 Å². The van der Waals surface area contributed by atoms with Crippen molar-refractivity contribution in [2.75, 3.05) is 19.7 Å². The van der Waals surface area contributed by atoms with Crippen LogP contribution in [-0.4, -0.2) is 81.7 Å². The van der Waals surface area contributed by atoms with Crippen molar-refractivity contribution in [2.24, 2.45) is 0 Å². The van der Waals surface area contributed by atoms with Crippen molar-refractivity contribution in [3.8, 4) is 0 Å². The molecular weight excluding hydrogens is 440 g/mol. The number of ether oxygens (including phenoxy) is 1. The summed E-state index contributed by atoms with van der Waals surface area (Å²) in [7, 11) is 0. The van der Waals surface area contributed by atoms with Crippen LogP contribution in [-0.2, 0) is 25.8 Å². The Labute approximate surface area is 200 Å². The molecule has 1 aromatic carbocycles. The van der Waals surface area contributed by atoms with Gasteiger partial charge in [-0.15, -0.1) is 0 Å². The Kier molecular flexibility index (Phi) is 7.73. The lowest BCUT2D eigenvalue weighted by Gasteiger charge is -2.33. The second kappa shape index (κ2) is 10.6. The summed E-state index contributed by atoms with van der Waals surface area (Å²) in [5.74, 6) is -0.340. The van der Waals surface area contributed by atoms with Gasteiger partial charge in [0.1, 0.15) is 12.6 Å². The van der Waals surface area contributed by atoms with Gasteiger partial charge in [0.15, 0.2) is 0 Å². The SMILES string of the molecule is CC(C)(C)OC(O)N1CCCC1CONC(=O)C1CCC2CN1C(=O)N2OCc1ccccc1. The molecule has 0 aromatic heterocycles. The van der Waals surface area contributed by atoms with E-state index >= 15 is 0 Å². The van der Waals surface area contributed by atoms with Gasteiger partial charge < -0.3 is 14.7 Å². The molecule has 3 fully saturated rings. The predicted octanol–water partition coefficient (Wildman–Crippen LogP) is 1.99. The molecular formula is C24H36N4O6. The number of carbonyl (C=O) groups is 2. The maximum absolute atomic E-state index is 12.9. The lowest BCUT2D eigenvalue weighted by atomic mass is 10.0. The fourth-order valence-electron chi connectivity index (χ4n) is 4.78. The summed E-state index contributed by atoms with van der Waals surface area (Å²) in [6.45, 7) is 7.36. The van der Waals surface area contributed by atoms with E-state index in [2.05, 4.69) is 5.48 Å². The maximum atomic E-state index is 12.9. The fraction of sp³-hybridized carbons (Fsp3) is 0.667. The minimum Gasteiger partial charge on any atom is -0.356 e. The number of urea groups is 1. The van der Waals surface area contributed by atoms with E-state index in [1.165, 1.54) is 5.06 Å². The van der Waals surface area contributed by atoms with E-state index in [0.29, 0.717) is 32.5 Å². The lowest BCUT2D eigenvalue weighted by molar-refractivity contribution is -0.245. The number of rotatable bonds is 9. The highest BCUT2D eigenvalue weighted by Gasteiger charge is 2.48. The van der Waals surface area contributed by atoms with Crippen molar-refractivity contribution < 1.29 is 29.1 Å². The molecule has 3 aliphatic rings. The molecule has 0 radical (unpaired) electrons. The Morgan fingerprint density at radius 2 is 1.97 bits per heavy atom. The smallest absolute Gasteiger partial charge is 0.345 e. The van der Waals surface area contributed by atoms with Gasteiger partial charge in [-0.2, -0.15) is 5.06 Å². The molecule has 34 heavy (non-hydrogen) atoms. The number of carbonyl (C=O) groups excluding carboxylic acids is 2. The zero-order chi connectivity index (χ0) is 24.3. The van der Waals surface area contributed by atoms with Gasteiger partial charge in [-0.1, -0.05) is 30.3 Å². The first-order valence-corrected chi connectivity index (χ1v) is 12.0. The Morgan fingerprint density at radius 3 is 2.71 bits per heavy atom. The Hall–Kier alpha value is -2.24. The normalized spacial score (nSPS) is 26.2. The number of piperidine rings is 1. The van der Waals surface area contributed by atoms with Crippen molar-refractivity contribution in [3.05, 3.63) is 35.9 Å². The molecule has 10 heteroatoms. The topological polar surface area (TPSA) is 104 Å². The molecule has 0 saturated carbocycles. The lowest BCUT2D eigenvalue weighted by Crippen LogP contribution is -2.51. The van der Waals surface area contributed by atoms with Crippen molar-refractivity contribution in [2.45, 2.75) is 83.2 Å². The first-order valence-electron chi connectivity index (χ1n) is 12.0. The first kappa shape index (κ1) is 24.9. The third-order valence-electron chi connectivity index (χ3n) is 6.45. The van der Waals surface area contributed by atoms with Crippen LogP contribution in [0.4, 0.5) is 4.79 Å². The standard InChI is InChI=1S/C24H36N4O6/c1-24(2,3)34-23(31)26-13-7-10-19(26)16-32-25-21(29)20-12-11-18-14-27(20)22(30)28(18)33-15-17-8-5-4-6-9-17/h4-6,8-9,18-20,23,31H,7,10-16H2,1-3H3,(H,25,29). The summed E-state index contributed by atoms with van der Waals surface area (Å²) in [5, 5.41) is 11.8. The number of aliphatic hydroxyl groups is 1. The Bertz CT molecular complexity index is 848. The van der Waals surface area contributed by atoms with Gasteiger partial charge in [0, 0.05) is 19.1 Å². The number of nitrogens with one attached hydrogen (secondary N) is 1. The van der Waals surface area contributed by atoms with Gasteiger partial charge in [-0.3, -0.25) is 14.5 Å². The van der Waals surface area contributed by atoms with Crippen molar-refractivity contribution in [1.29, 1.82) is 0 Å². The van der Waals surface area contributed by atoms with E-state index in [-0.39, 0.29) is 30.6 Å². The number of nitrogens with zero attached hydrogens (tertiary/aromatic N) is 3. The summed E-state index contributed by atoms with van der Waals surface area (Å²) >= 11 is 0. The second-order valence-corrected chi connectivity index (χ2v) is 10.1. The molecule has 3 heterocycles. The van der Waals surface area contributed by atoms with Gasteiger partial charge >= 0.3 is 6.03 Å². The highest BCUT2D eigenvalue weighted by Crippen LogP contribution is 2.30. The summed E-state index contributed by atoms with van der Waals surface area (Å²) in [6, 6.07) is 8.67. The molecule has 10 nitrogen and oxygen atoms in total. The van der Waals surface area contributed by atoms with E-state index in [9.17, 15) is 14.7 Å². The first-order chi connectivity index (χ1) is 16.2. The fourth-order valence-corrected chi connectivity index (χ4v) is 4.78. The van der Waals surface area contributed by atoms with E-state index in [1.807, 2.05) is 56.0 Å². The molecule has 188 valence electrons. The van der Waals surface area contributed by atoms with Crippen LogP contribution in [0.15, 0.2) is 30.3 Å². The van der Waals surface area contributed by atoms with E-state index in [4.69, 9.17) is 14.4 Å². The average molecular weight is 477 g/mol. The number of hydrogen-bond acceptors (Lipinski definition) is 7. The van der Waals surface area contributed by atoms with Gasteiger partial charge in [-0.25, -0.2) is 15.2 Å². The van der Waals surface area contributed by atoms with Crippen LogP contribution in [0.3, 0.4) is 0 Å². The highest BCUT2D eigenvalue weighted by molar-refractivity contribution is 5.88. The van der Waals surface area contributed by atoms with Crippen LogP contribution in [0.5, 0.6) is 0 Å². The van der Waals surface area contributed by atoms with Crippen molar-refractivity contribution in [1.82, 2.24) is 20.3 Å². The molecule has 4 atom stereocenters. The third kappa shape index (κ3) is 5.87. The van der Waals surface area contributed by atoms with Gasteiger partial charge in [0.2, 0.25) is 6.41 Å². The second-order valence-electron chi connectivity index (χ2n) is 10.1. The minimum atomic E-state index is -1.02. The molecule has 2 bridgehead atoms. The molecule has 4 rings (SSSR count). The zero-order valence-corrected chi connectivity index (χ0v) is 20.2. The number of hydrogen-bond donors (Lipinski definition) is 2. The minimum absolute atomic E-state index is 0.0578. The predicted molar refractivity (Wildman–Crippen MR) is 123 cm³/mol. The van der Waals surface area contributed by atoms with Crippen molar-refractivity contribution >= 4 is 11.9 Å². The number of likely N-dealkylation sites (tertiary alicyclic amines) is 1. The van der Waals surface area contributed by atoms with E-state index in [1.54, 1.807) is 4.90 Å². The largest absolute Gasteiger partial charge is 0.356 e. The molecule has 0 aliphatic carbocycles. The molecule has 4 unspecified atom stereocenters. The van der Waals surface area contributed by atoms with Crippen LogP contribution in [0.1, 0.15) is 52.0 Å². The average Bonchev–Trinajstić information content (AvgIpc) is 3.35. The zero-order valence-electron chi connectivity index (χ0n) is 20.2. The molecule has 2 N–H and O–H groups in total. The summed E-state index contributed by atoms with van der Waals surface area (Å²) < 4.78 is 5.66. The number of aliphatic hydroxyl groups excluding tert-OH is 1. The van der Waals surface area contributed by atoms with Crippen LogP contribution in [0, 0.1) is 0 Å². The Morgan fingerprint density at radius 1 is 1.21 bits per heavy atom. The number of fused-ring (bicyclic) bond motifs is 2. The van der Waals surface area contributed by atoms with Gasteiger partial charge in [-0.05, 0) is 52.0 Å². The number of hydroxylamine groups is 3. The van der Waals surface area contributed by atoms with Crippen LogP contribution in [0.2, 0.25) is 0 Å². The molecule has 0 spiro atoms. The molecule has 3 amide bonds. The Balaban J connectivity index is 1.24. The summed E-state index contributed by atoms with van der Waals surface area (Å²) in [6.07, 6.45) is 1.96. The summed E-state index contributed by atoms with van der Waals surface area (Å²) in [4.78, 5) is 40.4. The van der Waals surface area contributed by atoms with Gasteiger partial charge in [0.05, 0.1) is 18.2 Å². The number of amides is 3. The third-order valence-corrected chi connectivity index (χ3v) is 6.45. The summed E-state index contributed by atoms with van der Waals surface area (Å²) in [5.41, 5.74) is 3.03. The van der Waals surface area contributed by atoms with Gasteiger partial charge in [0.25, 0.3) is 5.91 Å². The van der Waals surface area contributed by atoms with E-state index in [0.717, 1.165) is 18.4 Å². The maximum Gasteiger partial charge on any atom is 0.345 e. The van der Waals surface area contributed by atoms with Crippen LogP contribution >= 0.6 is 0 Å². The van der Waals surface area contributed by atoms with Crippen LogP contribution in [0.25, 0.3) is 0 Å². The monoisotopic (exact) mass is 476 g/mol. The van der Waals surface area contributed by atoms with E-state index < -0.39 is 18.1 Å². The number of benzene rings is 1.